The number of imidazole rings is 1. The van der Waals surface area contributed by atoms with Crippen LogP contribution in [0.1, 0.15) is 24.4 Å². The second-order valence-corrected chi connectivity index (χ2v) is 5.77. The molecule has 0 aliphatic heterocycles. The third kappa shape index (κ3) is 3.11. The highest BCUT2D eigenvalue weighted by molar-refractivity contribution is 9.10. The van der Waals surface area contributed by atoms with E-state index in [0.29, 0.717) is 0 Å². The minimum Gasteiger partial charge on any atom is -0.380 e. The zero-order chi connectivity index (χ0) is 14.7. The van der Waals surface area contributed by atoms with Crippen molar-refractivity contribution in [1.82, 2.24) is 24.2 Å². The molecule has 0 amide bonds. The maximum absolute atomic E-state index is 10.6. The lowest BCUT2D eigenvalue weighted by molar-refractivity contribution is 0.195. The molecule has 2 aromatic heterocycles. The molecule has 0 saturated heterocycles. The van der Waals surface area contributed by atoms with E-state index in [4.69, 9.17) is 0 Å². The molecule has 0 aliphatic rings. The van der Waals surface area contributed by atoms with Gasteiger partial charge in [-0.05, 0) is 36.9 Å². The van der Waals surface area contributed by atoms with E-state index >= 15 is 0 Å². The van der Waals surface area contributed by atoms with Crippen molar-refractivity contribution in [2.24, 2.45) is 0 Å². The first kappa shape index (κ1) is 15.2. The Morgan fingerprint density at radius 2 is 2.15 bits per heavy atom. The van der Waals surface area contributed by atoms with Crippen molar-refractivity contribution in [3.05, 3.63) is 34.6 Å². The zero-order valence-electron chi connectivity index (χ0n) is 12.0. The second kappa shape index (κ2) is 6.51. The summed E-state index contributed by atoms with van der Waals surface area (Å²) >= 11 is 3.47. The number of rotatable bonds is 6. The summed E-state index contributed by atoms with van der Waals surface area (Å²) in [6.45, 7) is 4.39. The molecule has 0 aliphatic carbocycles. The summed E-state index contributed by atoms with van der Waals surface area (Å²) in [6.07, 6.45) is 4.41. The van der Waals surface area contributed by atoms with Gasteiger partial charge in [0, 0.05) is 13.1 Å². The number of hydrogen-bond acceptors (Lipinski definition) is 4. The summed E-state index contributed by atoms with van der Waals surface area (Å²) in [5, 5.41) is 15.0. The van der Waals surface area contributed by atoms with Crippen LogP contribution >= 0.6 is 15.9 Å². The Balaban J connectivity index is 2.29. The predicted molar refractivity (Wildman–Crippen MR) is 80.4 cm³/mol. The lowest BCUT2D eigenvalue weighted by Crippen LogP contribution is -2.21. The fourth-order valence-electron chi connectivity index (χ4n) is 2.08. The molecule has 2 aromatic rings. The quantitative estimate of drug-likeness (QED) is 0.865. The molecule has 1 N–H and O–H groups in total. The smallest absolute Gasteiger partial charge is 0.138 e. The molecule has 1 atom stereocenters. The average Bonchev–Trinajstić information content (AvgIpc) is 3.01. The van der Waals surface area contributed by atoms with Gasteiger partial charge in [-0.1, -0.05) is 0 Å². The minimum absolute atomic E-state index is 0.727. The Kier molecular flexibility index (Phi) is 4.95. The summed E-state index contributed by atoms with van der Waals surface area (Å²) in [7, 11) is 4.03. The van der Waals surface area contributed by atoms with E-state index < -0.39 is 6.10 Å². The average molecular weight is 342 g/mol. The van der Waals surface area contributed by atoms with Crippen molar-refractivity contribution in [3.63, 3.8) is 0 Å². The maximum atomic E-state index is 10.6. The molecule has 110 valence electrons. The number of hydrogen-bond donors (Lipinski definition) is 1. The van der Waals surface area contributed by atoms with E-state index in [1.807, 2.05) is 30.3 Å². The van der Waals surface area contributed by atoms with Crippen LogP contribution in [-0.4, -0.2) is 50.0 Å². The number of likely N-dealkylation sites (N-methyl/N-ethyl adjacent to an activating group) is 1. The highest BCUT2D eigenvalue weighted by Gasteiger charge is 2.22. The van der Waals surface area contributed by atoms with Crippen molar-refractivity contribution >= 4 is 15.9 Å². The van der Waals surface area contributed by atoms with Crippen molar-refractivity contribution in [3.8, 4) is 0 Å². The van der Waals surface area contributed by atoms with Gasteiger partial charge in [0.05, 0.1) is 41.1 Å². The zero-order valence-corrected chi connectivity index (χ0v) is 13.6. The Labute approximate surface area is 127 Å². The van der Waals surface area contributed by atoms with Gasteiger partial charge >= 0.3 is 0 Å². The Hall–Kier alpha value is -1.18. The van der Waals surface area contributed by atoms with Crippen LogP contribution < -0.4 is 0 Å². The molecule has 0 spiro atoms. The fourth-order valence-corrected chi connectivity index (χ4v) is 2.59. The largest absolute Gasteiger partial charge is 0.380 e. The van der Waals surface area contributed by atoms with Gasteiger partial charge in [-0.15, -0.1) is 0 Å². The van der Waals surface area contributed by atoms with Crippen LogP contribution in [0.3, 0.4) is 0 Å². The molecule has 1 unspecified atom stereocenters. The number of halogens is 1. The van der Waals surface area contributed by atoms with Gasteiger partial charge in [0.2, 0.25) is 0 Å². The molecule has 2 heterocycles. The van der Waals surface area contributed by atoms with Gasteiger partial charge in [-0.3, -0.25) is 4.68 Å². The summed E-state index contributed by atoms with van der Waals surface area (Å²) in [6, 6.07) is 0. The van der Waals surface area contributed by atoms with Crippen LogP contribution in [0.15, 0.2) is 23.2 Å². The van der Waals surface area contributed by atoms with E-state index in [1.54, 1.807) is 18.7 Å². The van der Waals surface area contributed by atoms with Crippen molar-refractivity contribution in [1.29, 1.82) is 0 Å². The first-order chi connectivity index (χ1) is 9.54. The van der Waals surface area contributed by atoms with Gasteiger partial charge in [0.15, 0.2) is 0 Å². The number of aryl methyl sites for hydroxylation is 1. The van der Waals surface area contributed by atoms with Crippen molar-refractivity contribution in [2.75, 3.05) is 20.6 Å². The maximum Gasteiger partial charge on any atom is 0.138 e. The minimum atomic E-state index is -0.739. The lowest BCUT2D eigenvalue weighted by atomic mass is 10.2. The van der Waals surface area contributed by atoms with Crippen LogP contribution in [0.2, 0.25) is 0 Å². The Morgan fingerprint density at radius 3 is 2.80 bits per heavy atom. The van der Waals surface area contributed by atoms with E-state index in [1.165, 1.54) is 0 Å². The van der Waals surface area contributed by atoms with Crippen LogP contribution in [-0.2, 0) is 13.1 Å². The Bertz CT molecular complexity index is 563. The predicted octanol–water partition coefficient (Wildman–Crippen LogP) is 1.51. The molecule has 0 fully saturated rings. The molecular formula is C13H20BrN5O. The van der Waals surface area contributed by atoms with Gasteiger partial charge < -0.3 is 14.6 Å². The van der Waals surface area contributed by atoms with Gasteiger partial charge in [-0.25, -0.2) is 4.98 Å². The summed E-state index contributed by atoms with van der Waals surface area (Å²) in [5.41, 5.74) is 1.54. The fraction of sp³-hybridized carbons (Fsp3) is 0.538. The summed E-state index contributed by atoms with van der Waals surface area (Å²) in [5.74, 6) is 0. The van der Waals surface area contributed by atoms with Gasteiger partial charge in [0.1, 0.15) is 6.10 Å². The second-order valence-electron chi connectivity index (χ2n) is 4.91. The summed E-state index contributed by atoms with van der Waals surface area (Å²) < 4.78 is 4.58. The molecule has 0 aromatic carbocycles. The number of aliphatic hydroxyl groups is 1. The Morgan fingerprint density at radius 1 is 1.40 bits per heavy atom. The third-order valence-corrected chi connectivity index (χ3v) is 3.83. The molecule has 20 heavy (non-hydrogen) atoms. The molecule has 7 heteroatoms. The van der Waals surface area contributed by atoms with E-state index in [-0.39, 0.29) is 0 Å². The van der Waals surface area contributed by atoms with Crippen LogP contribution in [0.4, 0.5) is 0 Å². The normalized spacial score (nSPS) is 13.1. The van der Waals surface area contributed by atoms with Gasteiger partial charge in [-0.2, -0.15) is 5.10 Å². The van der Waals surface area contributed by atoms with Gasteiger partial charge in [0.25, 0.3) is 0 Å². The molecule has 0 bridgehead atoms. The monoisotopic (exact) mass is 341 g/mol. The highest BCUT2D eigenvalue weighted by atomic mass is 79.9. The first-order valence-electron chi connectivity index (χ1n) is 6.58. The molecule has 6 nitrogen and oxygen atoms in total. The van der Waals surface area contributed by atoms with Crippen LogP contribution in [0.25, 0.3) is 0 Å². The molecular weight excluding hydrogens is 322 g/mol. The number of nitrogens with zero attached hydrogens (tertiary/aromatic N) is 5. The van der Waals surface area contributed by atoms with Crippen molar-refractivity contribution < 1.29 is 5.11 Å². The highest BCUT2D eigenvalue weighted by Crippen LogP contribution is 2.28. The van der Waals surface area contributed by atoms with Crippen LogP contribution in [0, 0.1) is 0 Å². The first-order valence-corrected chi connectivity index (χ1v) is 7.38. The number of aliphatic hydroxyl groups excluding tert-OH is 1. The topological polar surface area (TPSA) is 59.1 Å². The van der Waals surface area contributed by atoms with Crippen LogP contribution in [0.5, 0.6) is 0 Å². The SMILES string of the molecule is CCn1cncc1C(O)c1c(Br)cnn1CCN(C)C. The standard InChI is InChI=1S/C13H20BrN5O/c1-4-18-9-15-8-11(18)13(20)12-10(14)7-16-19(12)6-5-17(2)3/h7-9,13,20H,4-6H2,1-3H3. The molecule has 2 rings (SSSR count). The summed E-state index contributed by atoms with van der Waals surface area (Å²) in [4.78, 5) is 6.19. The lowest BCUT2D eigenvalue weighted by Gasteiger charge is -2.17. The van der Waals surface area contributed by atoms with E-state index in [9.17, 15) is 5.11 Å². The molecule has 0 saturated carbocycles. The van der Waals surface area contributed by atoms with E-state index in [0.717, 1.165) is 35.5 Å². The third-order valence-electron chi connectivity index (χ3n) is 3.22. The number of aromatic nitrogens is 4. The molecule has 0 radical (unpaired) electrons. The van der Waals surface area contributed by atoms with Crippen molar-refractivity contribution in [2.45, 2.75) is 26.1 Å². The van der Waals surface area contributed by atoms with E-state index in [2.05, 4.69) is 30.9 Å².